The molecular weight excluding hydrogens is 297 g/mol. The lowest BCUT2D eigenvalue weighted by atomic mass is 10.1. The number of aliphatic hydroxyl groups is 1. The molecule has 122 valence electrons. The second-order valence-electron chi connectivity index (χ2n) is 5.22. The summed E-state index contributed by atoms with van der Waals surface area (Å²) in [5, 5.41) is 12.5. The van der Waals surface area contributed by atoms with E-state index in [0.29, 0.717) is 30.0 Å². The zero-order valence-electron chi connectivity index (χ0n) is 13.0. The van der Waals surface area contributed by atoms with Gasteiger partial charge in [0.2, 0.25) is 5.91 Å². The van der Waals surface area contributed by atoms with E-state index in [1.165, 1.54) is 12.1 Å². The Morgan fingerprint density at radius 3 is 2.78 bits per heavy atom. The minimum atomic E-state index is -0.650. The van der Waals surface area contributed by atoms with Crippen LogP contribution in [-0.2, 0) is 4.79 Å². The van der Waals surface area contributed by atoms with Crippen LogP contribution in [-0.4, -0.2) is 17.6 Å². The van der Waals surface area contributed by atoms with Crippen LogP contribution in [0.5, 0.6) is 5.75 Å². The highest BCUT2D eigenvalue weighted by atomic mass is 19.1. The van der Waals surface area contributed by atoms with Gasteiger partial charge in [-0.05, 0) is 31.5 Å². The maximum Gasteiger partial charge on any atom is 0.224 e. The molecular formula is C18H20FNO3. The minimum absolute atomic E-state index is 0.152. The summed E-state index contributed by atoms with van der Waals surface area (Å²) in [6, 6.07) is 13.0. The van der Waals surface area contributed by atoms with Crippen molar-refractivity contribution in [2.24, 2.45) is 0 Å². The van der Waals surface area contributed by atoms with Crippen LogP contribution in [0.2, 0.25) is 0 Å². The number of halogens is 1. The Hall–Kier alpha value is -2.40. The van der Waals surface area contributed by atoms with E-state index < -0.39 is 6.10 Å². The molecule has 2 aromatic rings. The molecule has 1 amide bonds. The summed E-state index contributed by atoms with van der Waals surface area (Å²) in [7, 11) is 0. The Morgan fingerprint density at radius 2 is 2.04 bits per heavy atom. The molecule has 0 aliphatic carbocycles. The van der Waals surface area contributed by atoms with Crippen molar-refractivity contribution in [2.45, 2.75) is 25.9 Å². The van der Waals surface area contributed by atoms with Crippen LogP contribution in [0, 0.1) is 5.82 Å². The second-order valence-corrected chi connectivity index (χ2v) is 5.22. The second kappa shape index (κ2) is 8.29. The van der Waals surface area contributed by atoms with Crippen molar-refractivity contribution in [1.82, 2.24) is 0 Å². The third kappa shape index (κ3) is 5.38. The number of amides is 1. The third-order valence-corrected chi connectivity index (χ3v) is 3.30. The first-order chi connectivity index (χ1) is 11.1. The van der Waals surface area contributed by atoms with Gasteiger partial charge in [-0.1, -0.05) is 24.3 Å². The van der Waals surface area contributed by atoms with Crippen molar-refractivity contribution in [1.29, 1.82) is 0 Å². The number of hydrogen-bond donors (Lipinski definition) is 2. The van der Waals surface area contributed by atoms with Crippen LogP contribution in [0.4, 0.5) is 10.1 Å². The number of para-hydroxylation sites is 1. The van der Waals surface area contributed by atoms with Gasteiger partial charge in [0, 0.05) is 23.7 Å². The lowest BCUT2D eigenvalue weighted by Crippen LogP contribution is -2.14. The standard InChI is InChI=1S/C18H20FNO3/c1-13(21)16-8-2-3-9-17(16)20-18(22)10-5-11-23-15-7-4-6-14(19)12-15/h2-4,6-9,12-13,21H,5,10-11H2,1H3,(H,20,22). The van der Waals surface area contributed by atoms with Crippen LogP contribution in [0.1, 0.15) is 31.4 Å². The summed E-state index contributed by atoms with van der Waals surface area (Å²) >= 11 is 0. The molecule has 4 nitrogen and oxygen atoms in total. The van der Waals surface area contributed by atoms with Crippen LogP contribution in [0.25, 0.3) is 0 Å². The fraction of sp³-hybridized carbons (Fsp3) is 0.278. The lowest BCUT2D eigenvalue weighted by Gasteiger charge is -2.13. The molecule has 0 aliphatic heterocycles. The number of hydrogen-bond acceptors (Lipinski definition) is 3. The molecule has 0 radical (unpaired) electrons. The van der Waals surface area contributed by atoms with Crippen LogP contribution < -0.4 is 10.1 Å². The zero-order chi connectivity index (χ0) is 16.7. The highest BCUT2D eigenvalue weighted by molar-refractivity contribution is 5.91. The summed E-state index contributed by atoms with van der Waals surface area (Å²) in [6.07, 6.45) is 0.144. The number of nitrogens with one attached hydrogen (secondary N) is 1. The minimum Gasteiger partial charge on any atom is -0.493 e. The van der Waals surface area contributed by atoms with Gasteiger partial charge in [-0.3, -0.25) is 4.79 Å². The number of benzene rings is 2. The number of aliphatic hydroxyl groups excluding tert-OH is 1. The van der Waals surface area contributed by atoms with Crippen molar-refractivity contribution in [3.63, 3.8) is 0 Å². The Labute approximate surface area is 134 Å². The molecule has 0 spiro atoms. The number of rotatable bonds is 7. The average molecular weight is 317 g/mol. The maximum atomic E-state index is 13.0. The van der Waals surface area contributed by atoms with E-state index in [2.05, 4.69) is 5.32 Å². The predicted octanol–water partition coefficient (Wildman–Crippen LogP) is 3.68. The SMILES string of the molecule is CC(O)c1ccccc1NC(=O)CCCOc1cccc(F)c1. The van der Waals surface area contributed by atoms with E-state index in [1.807, 2.05) is 6.07 Å². The van der Waals surface area contributed by atoms with Gasteiger partial charge < -0.3 is 15.2 Å². The van der Waals surface area contributed by atoms with Crippen LogP contribution in [0.15, 0.2) is 48.5 Å². The molecule has 2 aromatic carbocycles. The molecule has 23 heavy (non-hydrogen) atoms. The van der Waals surface area contributed by atoms with Gasteiger partial charge in [-0.15, -0.1) is 0 Å². The summed E-state index contributed by atoms with van der Waals surface area (Å²) in [5.74, 6) is -0.0548. The van der Waals surface area contributed by atoms with E-state index in [1.54, 1.807) is 37.3 Å². The Bertz CT molecular complexity index is 658. The number of carbonyl (C=O) groups excluding carboxylic acids is 1. The van der Waals surface area contributed by atoms with Gasteiger partial charge in [0.05, 0.1) is 12.7 Å². The molecule has 0 bridgehead atoms. The molecule has 5 heteroatoms. The zero-order valence-corrected chi connectivity index (χ0v) is 13.0. The van der Waals surface area contributed by atoms with E-state index in [0.717, 1.165) is 0 Å². The van der Waals surface area contributed by atoms with E-state index >= 15 is 0 Å². The van der Waals surface area contributed by atoms with Gasteiger partial charge in [0.15, 0.2) is 0 Å². The van der Waals surface area contributed by atoms with Crippen molar-refractivity contribution in [2.75, 3.05) is 11.9 Å². The average Bonchev–Trinajstić information content (AvgIpc) is 2.52. The van der Waals surface area contributed by atoms with E-state index in [4.69, 9.17) is 4.74 Å². The molecule has 0 fully saturated rings. The number of carbonyl (C=O) groups is 1. The van der Waals surface area contributed by atoms with Gasteiger partial charge in [-0.25, -0.2) is 4.39 Å². The summed E-state index contributed by atoms with van der Waals surface area (Å²) < 4.78 is 18.4. The topological polar surface area (TPSA) is 58.6 Å². The number of ether oxygens (including phenoxy) is 1. The fourth-order valence-corrected chi connectivity index (χ4v) is 2.17. The molecule has 2 N–H and O–H groups in total. The fourth-order valence-electron chi connectivity index (χ4n) is 2.17. The third-order valence-electron chi connectivity index (χ3n) is 3.30. The highest BCUT2D eigenvalue weighted by Gasteiger charge is 2.10. The van der Waals surface area contributed by atoms with Crippen molar-refractivity contribution < 1.29 is 19.0 Å². The molecule has 0 saturated carbocycles. The molecule has 0 aromatic heterocycles. The summed E-state index contributed by atoms with van der Waals surface area (Å²) in [5.41, 5.74) is 1.29. The predicted molar refractivity (Wildman–Crippen MR) is 86.8 cm³/mol. The molecule has 0 heterocycles. The first kappa shape index (κ1) is 17.0. The Balaban J connectivity index is 1.77. The van der Waals surface area contributed by atoms with Gasteiger partial charge in [0.25, 0.3) is 0 Å². The van der Waals surface area contributed by atoms with Gasteiger partial charge in [0.1, 0.15) is 11.6 Å². The first-order valence-corrected chi connectivity index (χ1v) is 7.51. The monoisotopic (exact) mass is 317 g/mol. The summed E-state index contributed by atoms with van der Waals surface area (Å²) in [6.45, 7) is 1.98. The lowest BCUT2D eigenvalue weighted by molar-refractivity contribution is -0.116. The largest absolute Gasteiger partial charge is 0.493 e. The molecule has 1 unspecified atom stereocenters. The highest BCUT2D eigenvalue weighted by Crippen LogP contribution is 2.22. The summed E-state index contributed by atoms with van der Waals surface area (Å²) in [4.78, 5) is 11.9. The van der Waals surface area contributed by atoms with Crippen LogP contribution in [0.3, 0.4) is 0 Å². The Morgan fingerprint density at radius 1 is 1.26 bits per heavy atom. The van der Waals surface area contributed by atoms with E-state index in [-0.39, 0.29) is 18.1 Å². The van der Waals surface area contributed by atoms with Gasteiger partial charge >= 0.3 is 0 Å². The van der Waals surface area contributed by atoms with Crippen molar-refractivity contribution in [3.8, 4) is 5.75 Å². The molecule has 2 rings (SSSR count). The normalized spacial score (nSPS) is 11.8. The van der Waals surface area contributed by atoms with E-state index in [9.17, 15) is 14.3 Å². The first-order valence-electron chi connectivity index (χ1n) is 7.51. The quantitative estimate of drug-likeness (QED) is 0.766. The molecule has 0 saturated heterocycles. The molecule has 1 atom stereocenters. The van der Waals surface area contributed by atoms with Crippen molar-refractivity contribution in [3.05, 3.63) is 59.9 Å². The number of anilines is 1. The maximum absolute atomic E-state index is 13.0. The Kier molecular flexibility index (Phi) is 6.11. The van der Waals surface area contributed by atoms with Crippen LogP contribution >= 0.6 is 0 Å². The smallest absolute Gasteiger partial charge is 0.224 e. The van der Waals surface area contributed by atoms with Gasteiger partial charge in [-0.2, -0.15) is 0 Å². The molecule has 0 aliphatic rings. The van der Waals surface area contributed by atoms with Crippen molar-refractivity contribution >= 4 is 11.6 Å².